The minimum absolute atomic E-state index is 0.143. The maximum atomic E-state index is 13.4. The molecule has 0 fully saturated rings. The van der Waals surface area contributed by atoms with Gasteiger partial charge in [-0.1, -0.05) is 42.5 Å². The normalized spacial score (nSPS) is 11.8. The standard InChI is InChI=1S/C21H18FNO3/c1-26-21(25)19(12-14-5-4-8-18(22)11-14)23-20(24)17-10-9-15-6-2-3-7-16(15)13-17/h2-11,13,19H,12H2,1H3,(H,23,24)/t19-/m0/s1. The van der Waals surface area contributed by atoms with Crippen LogP contribution in [0.3, 0.4) is 0 Å². The molecular weight excluding hydrogens is 333 g/mol. The molecule has 1 amide bonds. The lowest BCUT2D eigenvalue weighted by Gasteiger charge is -2.17. The topological polar surface area (TPSA) is 55.4 Å². The Kier molecular flexibility index (Phi) is 5.27. The maximum absolute atomic E-state index is 13.4. The van der Waals surface area contributed by atoms with E-state index in [0.717, 1.165) is 10.8 Å². The molecule has 0 saturated carbocycles. The molecule has 3 rings (SSSR count). The Balaban J connectivity index is 1.80. The van der Waals surface area contributed by atoms with Gasteiger partial charge in [0, 0.05) is 12.0 Å². The SMILES string of the molecule is COC(=O)[C@H](Cc1cccc(F)c1)NC(=O)c1ccc2ccccc2c1. The summed E-state index contributed by atoms with van der Waals surface area (Å²) in [5.74, 6) is -1.36. The third-order valence-electron chi connectivity index (χ3n) is 4.13. The predicted octanol–water partition coefficient (Wildman–Crippen LogP) is 3.49. The molecule has 0 unspecified atom stereocenters. The number of halogens is 1. The highest BCUT2D eigenvalue weighted by Crippen LogP contribution is 2.16. The molecule has 0 bridgehead atoms. The lowest BCUT2D eigenvalue weighted by atomic mass is 10.0. The van der Waals surface area contributed by atoms with Crippen molar-refractivity contribution in [2.24, 2.45) is 0 Å². The fourth-order valence-electron chi connectivity index (χ4n) is 2.81. The summed E-state index contributed by atoms with van der Waals surface area (Å²) in [4.78, 5) is 24.6. The second kappa shape index (κ2) is 7.78. The number of methoxy groups -OCH3 is 1. The van der Waals surface area contributed by atoms with Crippen LogP contribution in [0.4, 0.5) is 4.39 Å². The molecule has 0 saturated heterocycles. The second-order valence-corrected chi connectivity index (χ2v) is 5.95. The number of fused-ring (bicyclic) bond motifs is 1. The smallest absolute Gasteiger partial charge is 0.328 e. The van der Waals surface area contributed by atoms with Crippen molar-refractivity contribution in [2.75, 3.05) is 7.11 Å². The zero-order valence-corrected chi connectivity index (χ0v) is 14.2. The Morgan fingerprint density at radius 2 is 1.77 bits per heavy atom. The van der Waals surface area contributed by atoms with Crippen LogP contribution in [0.15, 0.2) is 66.7 Å². The third-order valence-corrected chi connectivity index (χ3v) is 4.13. The molecule has 132 valence electrons. The van der Waals surface area contributed by atoms with Crippen molar-refractivity contribution in [3.05, 3.63) is 83.7 Å². The predicted molar refractivity (Wildman–Crippen MR) is 97.3 cm³/mol. The van der Waals surface area contributed by atoms with Gasteiger partial charge in [-0.25, -0.2) is 9.18 Å². The number of ether oxygens (including phenoxy) is 1. The summed E-state index contributed by atoms with van der Waals surface area (Å²) in [6.07, 6.45) is 0.143. The Morgan fingerprint density at radius 3 is 2.50 bits per heavy atom. The van der Waals surface area contributed by atoms with Gasteiger partial charge in [0.05, 0.1) is 7.11 Å². The number of esters is 1. The average Bonchev–Trinajstić information content (AvgIpc) is 2.66. The molecule has 1 N–H and O–H groups in total. The van der Waals surface area contributed by atoms with Gasteiger partial charge in [0.1, 0.15) is 11.9 Å². The summed E-state index contributed by atoms with van der Waals surface area (Å²) >= 11 is 0. The number of carbonyl (C=O) groups is 2. The summed E-state index contributed by atoms with van der Waals surface area (Å²) < 4.78 is 18.1. The second-order valence-electron chi connectivity index (χ2n) is 5.95. The molecule has 1 atom stereocenters. The van der Waals surface area contributed by atoms with E-state index < -0.39 is 17.8 Å². The van der Waals surface area contributed by atoms with Gasteiger partial charge in [-0.15, -0.1) is 0 Å². The average molecular weight is 351 g/mol. The summed E-state index contributed by atoms with van der Waals surface area (Å²) in [6, 6.07) is 18.0. The van der Waals surface area contributed by atoms with E-state index in [1.54, 1.807) is 24.3 Å². The van der Waals surface area contributed by atoms with Crippen LogP contribution in [-0.4, -0.2) is 25.0 Å². The molecule has 0 radical (unpaired) electrons. The van der Waals surface area contributed by atoms with Crippen molar-refractivity contribution in [3.63, 3.8) is 0 Å². The minimum atomic E-state index is -0.902. The number of carbonyl (C=O) groups excluding carboxylic acids is 2. The van der Waals surface area contributed by atoms with E-state index in [1.165, 1.54) is 19.2 Å². The molecule has 0 heterocycles. The van der Waals surface area contributed by atoms with Crippen LogP contribution in [0.1, 0.15) is 15.9 Å². The van der Waals surface area contributed by atoms with Gasteiger partial charge in [-0.05, 0) is 40.6 Å². The molecule has 0 spiro atoms. The first kappa shape index (κ1) is 17.6. The van der Waals surface area contributed by atoms with Crippen LogP contribution in [0, 0.1) is 5.82 Å². The fraction of sp³-hybridized carbons (Fsp3) is 0.143. The molecule has 0 aliphatic carbocycles. The number of rotatable bonds is 5. The van der Waals surface area contributed by atoms with E-state index in [9.17, 15) is 14.0 Å². The van der Waals surface area contributed by atoms with E-state index in [-0.39, 0.29) is 12.3 Å². The molecule has 0 aromatic heterocycles. The maximum Gasteiger partial charge on any atom is 0.328 e. The molecule has 0 aliphatic heterocycles. The lowest BCUT2D eigenvalue weighted by molar-refractivity contribution is -0.142. The molecular formula is C21H18FNO3. The van der Waals surface area contributed by atoms with Gasteiger partial charge in [-0.3, -0.25) is 4.79 Å². The number of amides is 1. The molecule has 26 heavy (non-hydrogen) atoms. The number of hydrogen-bond acceptors (Lipinski definition) is 3. The Hall–Kier alpha value is -3.21. The highest BCUT2D eigenvalue weighted by Gasteiger charge is 2.23. The summed E-state index contributed by atoms with van der Waals surface area (Å²) in [5.41, 5.74) is 1.04. The molecule has 5 heteroatoms. The monoisotopic (exact) mass is 351 g/mol. The quantitative estimate of drug-likeness (QED) is 0.716. The minimum Gasteiger partial charge on any atom is -0.467 e. The van der Waals surface area contributed by atoms with E-state index in [2.05, 4.69) is 5.32 Å². The zero-order valence-electron chi connectivity index (χ0n) is 14.2. The number of nitrogens with one attached hydrogen (secondary N) is 1. The highest BCUT2D eigenvalue weighted by atomic mass is 19.1. The van der Waals surface area contributed by atoms with Crippen molar-refractivity contribution in [1.29, 1.82) is 0 Å². The molecule has 3 aromatic rings. The van der Waals surface area contributed by atoms with Gasteiger partial charge < -0.3 is 10.1 Å². The molecule has 4 nitrogen and oxygen atoms in total. The van der Waals surface area contributed by atoms with Crippen LogP contribution >= 0.6 is 0 Å². The van der Waals surface area contributed by atoms with Crippen molar-refractivity contribution >= 4 is 22.6 Å². The van der Waals surface area contributed by atoms with Crippen molar-refractivity contribution in [1.82, 2.24) is 5.32 Å². The lowest BCUT2D eigenvalue weighted by Crippen LogP contribution is -2.43. The van der Waals surface area contributed by atoms with Crippen LogP contribution < -0.4 is 5.32 Å². The summed E-state index contributed by atoms with van der Waals surface area (Å²) in [7, 11) is 1.25. The summed E-state index contributed by atoms with van der Waals surface area (Å²) in [5, 5.41) is 4.63. The van der Waals surface area contributed by atoms with E-state index >= 15 is 0 Å². The van der Waals surface area contributed by atoms with Gasteiger partial charge in [0.2, 0.25) is 0 Å². The summed E-state index contributed by atoms with van der Waals surface area (Å²) in [6.45, 7) is 0. The Bertz CT molecular complexity index is 955. The first-order valence-corrected chi connectivity index (χ1v) is 8.19. The van der Waals surface area contributed by atoms with Crippen molar-refractivity contribution < 1.29 is 18.7 Å². The van der Waals surface area contributed by atoms with Crippen LogP contribution in [0.5, 0.6) is 0 Å². The fourth-order valence-corrected chi connectivity index (χ4v) is 2.81. The van der Waals surface area contributed by atoms with Gasteiger partial charge in [0.25, 0.3) is 5.91 Å². The first-order valence-electron chi connectivity index (χ1n) is 8.19. The van der Waals surface area contributed by atoms with Gasteiger partial charge in [0.15, 0.2) is 0 Å². The van der Waals surface area contributed by atoms with Crippen LogP contribution in [0.2, 0.25) is 0 Å². The van der Waals surface area contributed by atoms with E-state index in [4.69, 9.17) is 4.74 Å². The van der Waals surface area contributed by atoms with Crippen LogP contribution in [-0.2, 0) is 16.0 Å². The Morgan fingerprint density at radius 1 is 1.00 bits per heavy atom. The number of benzene rings is 3. The zero-order chi connectivity index (χ0) is 18.5. The van der Waals surface area contributed by atoms with E-state index in [0.29, 0.717) is 11.1 Å². The third kappa shape index (κ3) is 4.06. The highest BCUT2D eigenvalue weighted by molar-refractivity contribution is 6.00. The molecule has 0 aliphatic rings. The van der Waals surface area contributed by atoms with Crippen molar-refractivity contribution in [3.8, 4) is 0 Å². The van der Waals surface area contributed by atoms with Gasteiger partial charge >= 0.3 is 5.97 Å². The Labute approximate surface area is 150 Å². The van der Waals surface area contributed by atoms with Gasteiger partial charge in [-0.2, -0.15) is 0 Å². The first-order chi connectivity index (χ1) is 12.6. The van der Waals surface area contributed by atoms with Crippen molar-refractivity contribution in [2.45, 2.75) is 12.5 Å². The van der Waals surface area contributed by atoms with E-state index in [1.807, 2.05) is 30.3 Å². The largest absolute Gasteiger partial charge is 0.467 e. The number of hydrogen-bond donors (Lipinski definition) is 1. The molecule has 3 aromatic carbocycles. The van der Waals surface area contributed by atoms with Crippen LogP contribution in [0.25, 0.3) is 10.8 Å².